The van der Waals surface area contributed by atoms with Gasteiger partial charge in [0.15, 0.2) is 5.13 Å². The molecule has 1 aliphatic heterocycles. The number of thiazole rings is 1. The van der Waals surface area contributed by atoms with E-state index in [-0.39, 0.29) is 11.7 Å². The van der Waals surface area contributed by atoms with E-state index in [0.29, 0.717) is 23.1 Å². The molecule has 0 aliphatic carbocycles. The largest absolute Gasteiger partial charge is 0.345 e. The Morgan fingerprint density at radius 3 is 2.67 bits per heavy atom. The fraction of sp³-hybridized carbons (Fsp3) is 0.286. The maximum absolute atomic E-state index is 13.1. The Kier molecular flexibility index (Phi) is 4.21. The van der Waals surface area contributed by atoms with Crippen molar-refractivity contribution in [3.8, 4) is 0 Å². The summed E-state index contributed by atoms with van der Waals surface area (Å²) in [5.41, 5.74) is 0.499. The van der Waals surface area contributed by atoms with Crippen molar-refractivity contribution in [2.75, 3.05) is 31.1 Å². The van der Waals surface area contributed by atoms with Crippen molar-refractivity contribution >= 4 is 38.3 Å². The predicted octanol–water partition coefficient (Wildman–Crippen LogP) is 3.01. The summed E-state index contributed by atoms with van der Waals surface area (Å²) < 4.78 is 13.6. The second-order valence-corrected chi connectivity index (χ2v) is 6.45. The van der Waals surface area contributed by atoms with E-state index in [0.717, 1.165) is 18.2 Å². The fourth-order valence-electron chi connectivity index (χ4n) is 2.31. The molecule has 0 atom stereocenters. The highest BCUT2D eigenvalue weighted by Crippen LogP contribution is 2.22. The van der Waals surface area contributed by atoms with E-state index in [1.807, 2.05) is 5.38 Å². The number of hydrogen-bond acceptors (Lipinski definition) is 4. The molecule has 21 heavy (non-hydrogen) atoms. The fourth-order valence-corrected chi connectivity index (χ4v) is 3.52. The highest BCUT2D eigenvalue weighted by atomic mass is 79.9. The monoisotopic (exact) mass is 369 g/mol. The first-order valence-corrected chi connectivity index (χ1v) is 8.21. The summed E-state index contributed by atoms with van der Waals surface area (Å²) >= 11 is 4.85. The quantitative estimate of drug-likeness (QED) is 0.816. The smallest absolute Gasteiger partial charge is 0.255 e. The maximum Gasteiger partial charge on any atom is 0.255 e. The molecular formula is C14H13BrFN3OS. The third-order valence-corrected chi connectivity index (χ3v) is 4.91. The number of benzene rings is 1. The highest BCUT2D eigenvalue weighted by Gasteiger charge is 2.24. The van der Waals surface area contributed by atoms with Crippen LogP contribution in [0.25, 0.3) is 0 Å². The standard InChI is InChI=1S/C14H13BrFN3OS/c15-12-9-10(16)1-2-11(12)13(20)18-4-6-19(7-5-18)14-17-3-8-21-14/h1-3,8-9H,4-7H2. The SMILES string of the molecule is O=C(c1ccc(F)cc1Br)N1CCN(c2nccs2)CC1. The first-order chi connectivity index (χ1) is 10.1. The molecule has 1 fully saturated rings. The second-order valence-electron chi connectivity index (χ2n) is 4.72. The predicted molar refractivity (Wildman–Crippen MR) is 84.3 cm³/mol. The molecule has 1 amide bonds. The molecule has 1 aromatic heterocycles. The Balaban J connectivity index is 1.67. The van der Waals surface area contributed by atoms with Crippen molar-refractivity contribution in [3.05, 3.63) is 45.6 Å². The summed E-state index contributed by atoms with van der Waals surface area (Å²) in [6.07, 6.45) is 1.78. The van der Waals surface area contributed by atoms with E-state index in [1.54, 1.807) is 22.4 Å². The molecule has 110 valence electrons. The van der Waals surface area contributed by atoms with Crippen LogP contribution in [0.4, 0.5) is 9.52 Å². The number of halogens is 2. The van der Waals surface area contributed by atoms with Crippen LogP contribution in [0, 0.1) is 5.82 Å². The van der Waals surface area contributed by atoms with Crippen molar-refractivity contribution in [2.45, 2.75) is 0 Å². The van der Waals surface area contributed by atoms with Crippen LogP contribution in [0.1, 0.15) is 10.4 Å². The molecule has 0 N–H and O–H groups in total. The van der Waals surface area contributed by atoms with Crippen molar-refractivity contribution in [1.82, 2.24) is 9.88 Å². The summed E-state index contributed by atoms with van der Waals surface area (Å²) in [5, 5.41) is 2.94. The van der Waals surface area contributed by atoms with E-state index in [4.69, 9.17) is 0 Å². The van der Waals surface area contributed by atoms with Gasteiger partial charge in [-0.25, -0.2) is 9.37 Å². The number of hydrogen-bond donors (Lipinski definition) is 0. The number of amides is 1. The highest BCUT2D eigenvalue weighted by molar-refractivity contribution is 9.10. The molecular weight excluding hydrogens is 357 g/mol. The molecule has 2 heterocycles. The number of nitrogens with zero attached hydrogens (tertiary/aromatic N) is 3. The Hall–Kier alpha value is -1.47. The van der Waals surface area contributed by atoms with E-state index >= 15 is 0 Å². The molecule has 1 saturated heterocycles. The average Bonchev–Trinajstić information content (AvgIpc) is 3.01. The average molecular weight is 370 g/mol. The Labute approximate surface area is 134 Å². The van der Waals surface area contributed by atoms with Crippen molar-refractivity contribution in [2.24, 2.45) is 0 Å². The van der Waals surface area contributed by atoms with E-state index in [1.165, 1.54) is 18.2 Å². The van der Waals surface area contributed by atoms with Gasteiger partial charge in [0, 0.05) is 42.2 Å². The van der Waals surface area contributed by atoms with Gasteiger partial charge in [-0.05, 0) is 34.1 Å². The minimum Gasteiger partial charge on any atom is -0.345 e. The number of rotatable bonds is 2. The lowest BCUT2D eigenvalue weighted by atomic mass is 10.2. The summed E-state index contributed by atoms with van der Waals surface area (Å²) in [6, 6.07) is 4.15. The van der Waals surface area contributed by atoms with Gasteiger partial charge in [0.2, 0.25) is 0 Å². The van der Waals surface area contributed by atoms with Gasteiger partial charge in [0.25, 0.3) is 5.91 Å². The van der Waals surface area contributed by atoms with Gasteiger partial charge >= 0.3 is 0 Å². The van der Waals surface area contributed by atoms with Crippen LogP contribution < -0.4 is 4.90 Å². The van der Waals surface area contributed by atoms with Crippen molar-refractivity contribution in [1.29, 1.82) is 0 Å². The number of anilines is 1. The first kappa shape index (κ1) is 14.5. The van der Waals surface area contributed by atoms with Crippen LogP contribution in [0.15, 0.2) is 34.2 Å². The lowest BCUT2D eigenvalue weighted by Gasteiger charge is -2.34. The van der Waals surface area contributed by atoms with Crippen LogP contribution in [-0.4, -0.2) is 42.0 Å². The maximum atomic E-state index is 13.1. The van der Waals surface area contributed by atoms with Gasteiger partial charge < -0.3 is 9.80 Å². The summed E-state index contributed by atoms with van der Waals surface area (Å²) in [5.74, 6) is -0.423. The molecule has 3 rings (SSSR count). The molecule has 0 spiro atoms. The molecule has 1 aromatic carbocycles. The third-order valence-electron chi connectivity index (χ3n) is 3.42. The summed E-state index contributed by atoms with van der Waals surface area (Å²) in [7, 11) is 0. The van der Waals surface area contributed by atoms with Crippen LogP contribution in [-0.2, 0) is 0 Å². The van der Waals surface area contributed by atoms with Crippen LogP contribution in [0.5, 0.6) is 0 Å². The van der Waals surface area contributed by atoms with E-state index in [9.17, 15) is 9.18 Å². The molecule has 7 heteroatoms. The topological polar surface area (TPSA) is 36.4 Å². The minimum absolute atomic E-state index is 0.0688. The number of carbonyl (C=O) groups excluding carboxylic acids is 1. The third kappa shape index (κ3) is 3.08. The molecule has 0 radical (unpaired) electrons. The van der Waals surface area contributed by atoms with Crippen LogP contribution >= 0.6 is 27.3 Å². The zero-order chi connectivity index (χ0) is 14.8. The summed E-state index contributed by atoms with van der Waals surface area (Å²) in [6.45, 7) is 2.81. The Morgan fingerprint density at radius 2 is 2.05 bits per heavy atom. The van der Waals surface area contributed by atoms with Gasteiger partial charge in [-0.1, -0.05) is 0 Å². The van der Waals surface area contributed by atoms with Crippen molar-refractivity contribution in [3.63, 3.8) is 0 Å². The molecule has 0 saturated carbocycles. The van der Waals surface area contributed by atoms with E-state index < -0.39 is 0 Å². The molecule has 4 nitrogen and oxygen atoms in total. The molecule has 2 aromatic rings. The zero-order valence-corrected chi connectivity index (χ0v) is 13.5. The van der Waals surface area contributed by atoms with Gasteiger partial charge in [-0.2, -0.15) is 0 Å². The zero-order valence-electron chi connectivity index (χ0n) is 11.1. The number of piperazine rings is 1. The minimum atomic E-state index is -0.355. The van der Waals surface area contributed by atoms with E-state index in [2.05, 4.69) is 25.8 Å². The molecule has 1 aliphatic rings. The second kappa shape index (κ2) is 6.11. The Bertz CT molecular complexity index is 642. The van der Waals surface area contributed by atoms with Gasteiger partial charge in [-0.3, -0.25) is 4.79 Å². The van der Waals surface area contributed by atoms with Crippen LogP contribution in [0.2, 0.25) is 0 Å². The van der Waals surface area contributed by atoms with Gasteiger partial charge in [0.1, 0.15) is 5.82 Å². The normalized spacial score (nSPS) is 15.3. The molecule has 0 bridgehead atoms. The summed E-state index contributed by atoms with van der Waals surface area (Å²) in [4.78, 5) is 20.7. The number of aromatic nitrogens is 1. The van der Waals surface area contributed by atoms with Crippen LogP contribution in [0.3, 0.4) is 0 Å². The molecule has 0 unspecified atom stereocenters. The van der Waals surface area contributed by atoms with Crippen molar-refractivity contribution < 1.29 is 9.18 Å². The number of carbonyl (C=O) groups is 1. The lowest BCUT2D eigenvalue weighted by Crippen LogP contribution is -2.48. The Morgan fingerprint density at radius 1 is 1.29 bits per heavy atom. The van der Waals surface area contributed by atoms with Gasteiger partial charge in [-0.15, -0.1) is 11.3 Å². The van der Waals surface area contributed by atoms with Gasteiger partial charge in [0.05, 0.1) is 5.56 Å². The first-order valence-electron chi connectivity index (χ1n) is 6.54. The lowest BCUT2D eigenvalue weighted by molar-refractivity contribution is 0.0746.